The molecule has 1 aliphatic rings. The molecule has 30 heavy (non-hydrogen) atoms. The van der Waals surface area contributed by atoms with E-state index >= 15 is 0 Å². The molecule has 2 aromatic rings. The highest BCUT2D eigenvalue weighted by Gasteiger charge is 2.19. The quantitative estimate of drug-likeness (QED) is 0.649. The molecule has 160 valence electrons. The van der Waals surface area contributed by atoms with E-state index in [-0.39, 0.29) is 24.0 Å². The highest BCUT2D eigenvalue weighted by atomic mass is 16.2. The molecule has 3 amide bonds. The zero-order valence-electron chi connectivity index (χ0n) is 18.1. The second kappa shape index (κ2) is 10.1. The summed E-state index contributed by atoms with van der Waals surface area (Å²) in [5.41, 5.74) is 2.97. The molecule has 0 radical (unpaired) electrons. The van der Waals surface area contributed by atoms with E-state index in [1.807, 2.05) is 68.4 Å². The Morgan fingerprint density at radius 1 is 1.00 bits per heavy atom. The summed E-state index contributed by atoms with van der Waals surface area (Å²) in [7, 11) is 3.80. The molecule has 6 heteroatoms. The van der Waals surface area contributed by atoms with E-state index in [0.29, 0.717) is 11.3 Å². The van der Waals surface area contributed by atoms with Gasteiger partial charge in [0.1, 0.15) is 0 Å². The first kappa shape index (κ1) is 21.7. The Morgan fingerprint density at radius 3 is 2.37 bits per heavy atom. The monoisotopic (exact) mass is 408 g/mol. The molecule has 1 atom stereocenters. The minimum absolute atomic E-state index is 0.125. The number of benzene rings is 2. The lowest BCUT2D eigenvalue weighted by Crippen LogP contribution is -2.39. The number of urea groups is 1. The van der Waals surface area contributed by atoms with Gasteiger partial charge in [0.05, 0.1) is 11.6 Å². The number of carbonyl (C=O) groups is 2. The first-order valence-corrected chi connectivity index (χ1v) is 10.7. The molecule has 0 saturated heterocycles. The molecule has 1 aliphatic carbocycles. The molecule has 6 nitrogen and oxygen atoms in total. The van der Waals surface area contributed by atoms with Gasteiger partial charge < -0.3 is 20.9 Å². The van der Waals surface area contributed by atoms with Crippen molar-refractivity contribution in [1.29, 1.82) is 0 Å². The van der Waals surface area contributed by atoms with Crippen LogP contribution in [0.3, 0.4) is 0 Å². The smallest absolute Gasteiger partial charge is 0.319 e. The number of anilines is 2. The van der Waals surface area contributed by atoms with Crippen molar-refractivity contribution in [3.05, 3.63) is 59.7 Å². The second-order valence-electron chi connectivity index (χ2n) is 8.17. The Labute approximate surface area is 179 Å². The minimum atomic E-state index is -0.219. The van der Waals surface area contributed by atoms with Crippen LogP contribution in [0.2, 0.25) is 0 Å². The first-order chi connectivity index (χ1) is 14.4. The third-order valence-electron chi connectivity index (χ3n) is 5.57. The molecule has 1 saturated carbocycles. The van der Waals surface area contributed by atoms with E-state index in [2.05, 4.69) is 16.0 Å². The molecular formula is C24H32N4O2. The summed E-state index contributed by atoms with van der Waals surface area (Å²) in [6, 6.07) is 15.2. The van der Waals surface area contributed by atoms with E-state index in [1.165, 1.54) is 6.42 Å². The summed E-state index contributed by atoms with van der Waals surface area (Å²) in [4.78, 5) is 27.3. The van der Waals surface area contributed by atoms with E-state index in [0.717, 1.165) is 36.9 Å². The predicted octanol–water partition coefficient (Wildman–Crippen LogP) is 4.70. The zero-order valence-corrected chi connectivity index (χ0v) is 18.1. The van der Waals surface area contributed by atoms with Gasteiger partial charge in [-0.15, -0.1) is 0 Å². The second-order valence-corrected chi connectivity index (χ2v) is 8.17. The van der Waals surface area contributed by atoms with Crippen LogP contribution in [-0.4, -0.2) is 32.1 Å². The standard InChI is InChI=1S/C24H32N4O2/c1-17(18-10-6-4-7-11-18)25-23(29)21-16-20(14-15-22(21)28(2)3)27-24(30)26-19-12-8-5-9-13-19/h4,6-7,10-11,14-17,19H,5,8-9,12-13H2,1-3H3,(H,25,29)(H2,26,27,30)/t17-/m0/s1. The third-order valence-corrected chi connectivity index (χ3v) is 5.57. The fourth-order valence-electron chi connectivity index (χ4n) is 3.88. The number of amides is 3. The highest BCUT2D eigenvalue weighted by Crippen LogP contribution is 2.24. The van der Waals surface area contributed by atoms with Gasteiger partial charge in [-0.25, -0.2) is 4.79 Å². The van der Waals surface area contributed by atoms with E-state index in [9.17, 15) is 9.59 Å². The van der Waals surface area contributed by atoms with Crippen molar-refractivity contribution >= 4 is 23.3 Å². The molecule has 0 bridgehead atoms. The number of nitrogens with zero attached hydrogens (tertiary/aromatic N) is 1. The van der Waals surface area contributed by atoms with Crippen molar-refractivity contribution in [2.45, 2.75) is 51.1 Å². The molecule has 0 heterocycles. The summed E-state index contributed by atoms with van der Waals surface area (Å²) >= 11 is 0. The van der Waals surface area contributed by atoms with Crippen LogP contribution in [-0.2, 0) is 0 Å². The normalized spacial score (nSPS) is 15.2. The van der Waals surface area contributed by atoms with Crippen LogP contribution in [0, 0.1) is 0 Å². The lowest BCUT2D eigenvalue weighted by Gasteiger charge is -2.23. The Bertz CT molecular complexity index is 861. The fraction of sp³-hybridized carbons (Fsp3) is 0.417. The van der Waals surface area contributed by atoms with Crippen LogP contribution in [0.4, 0.5) is 16.2 Å². The van der Waals surface area contributed by atoms with Gasteiger partial charge >= 0.3 is 6.03 Å². The maximum Gasteiger partial charge on any atom is 0.319 e. The van der Waals surface area contributed by atoms with Crippen LogP contribution in [0.15, 0.2) is 48.5 Å². The Kier molecular flexibility index (Phi) is 7.33. The Hall–Kier alpha value is -3.02. The number of hydrogen-bond donors (Lipinski definition) is 3. The molecule has 1 fully saturated rings. The summed E-state index contributed by atoms with van der Waals surface area (Å²) in [5.74, 6) is -0.175. The van der Waals surface area contributed by atoms with Gasteiger partial charge in [0.2, 0.25) is 0 Å². The van der Waals surface area contributed by atoms with Crippen molar-refractivity contribution in [2.24, 2.45) is 0 Å². The summed E-state index contributed by atoms with van der Waals surface area (Å²) < 4.78 is 0. The summed E-state index contributed by atoms with van der Waals surface area (Å²) in [6.45, 7) is 1.96. The van der Waals surface area contributed by atoms with Crippen molar-refractivity contribution in [3.63, 3.8) is 0 Å². The fourth-order valence-corrected chi connectivity index (χ4v) is 3.88. The van der Waals surface area contributed by atoms with Gasteiger partial charge in [-0.2, -0.15) is 0 Å². The first-order valence-electron chi connectivity index (χ1n) is 10.7. The van der Waals surface area contributed by atoms with Crippen LogP contribution >= 0.6 is 0 Å². The van der Waals surface area contributed by atoms with E-state index in [1.54, 1.807) is 6.07 Å². The Balaban J connectivity index is 1.72. The topological polar surface area (TPSA) is 73.5 Å². The van der Waals surface area contributed by atoms with E-state index < -0.39 is 0 Å². The van der Waals surface area contributed by atoms with Gasteiger partial charge in [0, 0.05) is 31.5 Å². The molecule has 3 N–H and O–H groups in total. The van der Waals surface area contributed by atoms with Crippen molar-refractivity contribution in [3.8, 4) is 0 Å². The lowest BCUT2D eigenvalue weighted by molar-refractivity contribution is 0.0940. The minimum Gasteiger partial charge on any atom is -0.377 e. The molecule has 0 aliphatic heterocycles. The predicted molar refractivity (Wildman–Crippen MR) is 122 cm³/mol. The molecule has 2 aromatic carbocycles. The maximum atomic E-state index is 13.0. The average molecular weight is 409 g/mol. The zero-order chi connectivity index (χ0) is 21.5. The summed E-state index contributed by atoms with van der Waals surface area (Å²) in [5, 5.41) is 8.99. The lowest BCUT2D eigenvalue weighted by atomic mass is 9.96. The molecule has 0 unspecified atom stereocenters. The third kappa shape index (κ3) is 5.75. The van der Waals surface area contributed by atoms with Crippen LogP contribution in [0.5, 0.6) is 0 Å². The van der Waals surface area contributed by atoms with Gasteiger partial charge in [-0.3, -0.25) is 4.79 Å². The Morgan fingerprint density at radius 2 is 1.70 bits per heavy atom. The number of nitrogens with one attached hydrogen (secondary N) is 3. The van der Waals surface area contributed by atoms with Crippen LogP contribution < -0.4 is 20.9 Å². The number of carbonyl (C=O) groups excluding carboxylic acids is 2. The SMILES string of the molecule is C[C@H](NC(=O)c1cc(NC(=O)NC2CCCCC2)ccc1N(C)C)c1ccccc1. The van der Waals surface area contributed by atoms with Crippen LogP contribution in [0.25, 0.3) is 0 Å². The highest BCUT2D eigenvalue weighted by molar-refractivity contribution is 6.02. The van der Waals surface area contributed by atoms with Crippen molar-refractivity contribution in [1.82, 2.24) is 10.6 Å². The molecule has 0 aromatic heterocycles. The number of rotatable bonds is 6. The maximum absolute atomic E-state index is 13.0. The largest absolute Gasteiger partial charge is 0.377 e. The van der Waals surface area contributed by atoms with Gasteiger partial charge in [-0.05, 0) is 43.5 Å². The van der Waals surface area contributed by atoms with Gasteiger partial charge in [0.15, 0.2) is 0 Å². The molecule has 3 rings (SSSR count). The van der Waals surface area contributed by atoms with E-state index in [4.69, 9.17) is 0 Å². The molecular weight excluding hydrogens is 376 g/mol. The van der Waals surface area contributed by atoms with Crippen LogP contribution in [0.1, 0.15) is 61.0 Å². The molecule has 0 spiro atoms. The number of hydrogen-bond acceptors (Lipinski definition) is 3. The van der Waals surface area contributed by atoms with Crippen molar-refractivity contribution < 1.29 is 9.59 Å². The average Bonchev–Trinajstić information content (AvgIpc) is 2.74. The summed E-state index contributed by atoms with van der Waals surface area (Å²) in [6.07, 6.45) is 5.61. The van der Waals surface area contributed by atoms with Gasteiger partial charge in [-0.1, -0.05) is 49.6 Å². The van der Waals surface area contributed by atoms with Gasteiger partial charge in [0.25, 0.3) is 5.91 Å². The van der Waals surface area contributed by atoms with Crippen molar-refractivity contribution in [2.75, 3.05) is 24.3 Å².